The zero-order valence-corrected chi connectivity index (χ0v) is 13.9. The maximum absolute atomic E-state index is 12.5. The fourth-order valence-corrected chi connectivity index (χ4v) is 1.98. The minimum Gasteiger partial charge on any atom is -0.394 e. The molecular formula is C17H27NO6. The van der Waals surface area contributed by atoms with Gasteiger partial charge in [0.2, 0.25) is 0 Å². The van der Waals surface area contributed by atoms with Gasteiger partial charge in [0.05, 0.1) is 52.9 Å². The van der Waals surface area contributed by atoms with Crippen LogP contribution in [0.5, 0.6) is 0 Å². The molecule has 1 amide bonds. The van der Waals surface area contributed by atoms with Gasteiger partial charge in [-0.05, 0) is 12.1 Å². The first-order valence-electron chi connectivity index (χ1n) is 8.09. The van der Waals surface area contributed by atoms with Crippen LogP contribution < -0.4 is 0 Å². The van der Waals surface area contributed by atoms with Gasteiger partial charge in [0.25, 0.3) is 5.91 Å². The van der Waals surface area contributed by atoms with E-state index in [1.54, 1.807) is 17.0 Å². The first kappa shape index (κ1) is 20.5. The Bertz CT molecular complexity index is 428. The number of ether oxygens (including phenoxy) is 3. The van der Waals surface area contributed by atoms with Crippen molar-refractivity contribution in [3.8, 4) is 0 Å². The lowest BCUT2D eigenvalue weighted by atomic mass is 10.2. The van der Waals surface area contributed by atoms with E-state index < -0.39 is 0 Å². The van der Waals surface area contributed by atoms with Crippen LogP contribution in [0.1, 0.15) is 10.4 Å². The highest BCUT2D eigenvalue weighted by Gasteiger charge is 2.15. The number of aliphatic hydroxyl groups excluding tert-OH is 2. The second-order valence-corrected chi connectivity index (χ2v) is 4.94. The van der Waals surface area contributed by atoms with E-state index >= 15 is 0 Å². The van der Waals surface area contributed by atoms with Crippen LogP contribution in [0.25, 0.3) is 0 Å². The molecule has 0 bridgehead atoms. The molecular weight excluding hydrogens is 314 g/mol. The Morgan fingerprint density at radius 2 is 1.29 bits per heavy atom. The predicted molar refractivity (Wildman–Crippen MR) is 89.0 cm³/mol. The minimum atomic E-state index is -0.0803. The van der Waals surface area contributed by atoms with Gasteiger partial charge < -0.3 is 29.3 Å². The molecule has 0 aliphatic carbocycles. The summed E-state index contributed by atoms with van der Waals surface area (Å²) in [6, 6.07) is 9.05. The smallest absolute Gasteiger partial charge is 0.254 e. The molecule has 2 N–H and O–H groups in total. The van der Waals surface area contributed by atoms with Crippen molar-refractivity contribution in [1.82, 2.24) is 4.90 Å². The summed E-state index contributed by atoms with van der Waals surface area (Å²) in [5.41, 5.74) is 0.617. The molecule has 0 saturated carbocycles. The lowest BCUT2D eigenvalue weighted by molar-refractivity contribution is 0.0212. The summed E-state index contributed by atoms with van der Waals surface area (Å²) in [6.07, 6.45) is 0. The van der Waals surface area contributed by atoms with Crippen LogP contribution in [-0.2, 0) is 14.2 Å². The highest BCUT2D eigenvalue weighted by atomic mass is 16.5. The zero-order chi connectivity index (χ0) is 17.5. The summed E-state index contributed by atoms with van der Waals surface area (Å²) < 4.78 is 15.8. The molecule has 0 saturated heterocycles. The number of carbonyl (C=O) groups excluding carboxylic acids is 1. The van der Waals surface area contributed by atoms with Crippen molar-refractivity contribution in [3.63, 3.8) is 0 Å². The number of nitrogens with zero attached hydrogens (tertiary/aromatic N) is 1. The molecule has 0 radical (unpaired) electrons. The summed E-state index contributed by atoms with van der Waals surface area (Å²) >= 11 is 0. The Morgan fingerprint density at radius 1 is 0.792 bits per heavy atom. The van der Waals surface area contributed by atoms with Crippen molar-refractivity contribution < 1.29 is 29.2 Å². The SMILES string of the molecule is O=C(c1ccccc1)N(CCOCCO)CCOCCOCCO. The van der Waals surface area contributed by atoms with Gasteiger partial charge in [-0.3, -0.25) is 4.79 Å². The molecule has 1 aromatic rings. The van der Waals surface area contributed by atoms with Crippen LogP contribution in [-0.4, -0.2) is 87.0 Å². The zero-order valence-electron chi connectivity index (χ0n) is 13.9. The summed E-state index contributed by atoms with van der Waals surface area (Å²) in [5.74, 6) is -0.0803. The molecule has 136 valence electrons. The molecule has 0 aliphatic heterocycles. The molecule has 1 aromatic carbocycles. The predicted octanol–water partition coefficient (Wildman–Crippen LogP) is 0.163. The number of rotatable bonds is 14. The van der Waals surface area contributed by atoms with E-state index in [0.717, 1.165) is 0 Å². The average molecular weight is 341 g/mol. The molecule has 0 spiro atoms. The van der Waals surface area contributed by atoms with Crippen LogP contribution in [0.2, 0.25) is 0 Å². The average Bonchev–Trinajstić information content (AvgIpc) is 2.63. The van der Waals surface area contributed by atoms with Gasteiger partial charge in [0.1, 0.15) is 0 Å². The number of hydrogen-bond donors (Lipinski definition) is 2. The second-order valence-electron chi connectivity index (χ2n) is 4.94. The Labute approximate surface area is 142 Å². The van der Waals surface area contributed by atoms with Gasteiger partial charge in [-0.1, -0.05) is 18.2 Å². The third-order valence-electron chi connectivity index (χ3n) is 3.16. The molecule has 0 unspecified atom stereocenters. The number of aliphatic hydroxyl groups is 2. The lowest BCUT2D eigenvalue weighted by Gasteiger charge is -2.22. The lowest BCUT2D eigenvalue weighted by Crippen LogP contribution is -2.37. The van der Waals surface area contributed by atoms with Gasteiger partial charge in [-0.2, -0.15) is 0 Å². The van der Waals surface area contributed by atoms with E-state index in [4.69, 9.17) is 24.4 Å². The standard InChI is InChI=1S/C17H27NO6/c19-8-12-22-10-6-18(7-11-23-14-15-24-13-9-20)17(21)16-4-2-1-3-5-16/h1-5,19-20H,6-15H2. The first-order valence-corrected chi connectivity index (χ1v) is 8.09. The highest BCUT2D eigenvalue weighted by Crippen LogP contribution is 2.04. The van der Waals surface area contributed by atoms with Crippen molar-refractivity contribution in [2.24, 2.45) is 0 Å². The summed E-state index contributed by atoms with van der Waals surface area (Å²) in [6.45, 7) is 2.95. The first-order chi connectivity index (χ1) is 11.8. The van der Waals surface area contributed by atoms with Crippen molar-refractivity contribution in [1.29, 1.82) is 0 Å². The summed E-state index contributed by atoms with van der Waals surface area (Å²) in [7, 11) is 0. The normalized spacial score (nSPS) is 10.8. The maximum Gasteiger partial charge on any atom is 0.254 e. The van der Waals surface area contributed by atoms with Crippen molar-refractivity contribution in [3.05, 3.63) is 35.9 Å². The van der Waals surface area contributed by atoms with Gasteiger partial charge in [0, 0.05) is 18.7 Å². The molecule has 7 nitrogen and oxygen atoms in total. The van der Waals surface area contributed by atoms with Crippen molar-refractivity contribution >= 4 is 5.91 Å². The summed E-state index contributed by atoms with van der Waals surface area (Å²) in [5, 5.41) is 17.3. The number of carbonyl (C=O) groups is 1. The summed E-state index contributed by atoms with van der Waals surface area (Å²) in [4.78, 5) is 14.2. The van der Waals surface area contributed by atoms with E-state index in [9.17, 15) is 4.79 Å². The van der Waals surface area contributed by atoms with Gasteiger partial charge in [-0.25, -0.2) is 0 Å². The molecule has 0 aromatic heterocycles. The number of hydrogen-bond acceptors (Lipinski definition) is 6. The Morgan fingerprint density at radius 3 is 1.83 bits per heavy atom. The Balaban J connectivity index is 2.38. The van der Waals surface area contributed by atoms with E-state index in [-0.39, 0.29) is 25.7 Å². The minimum absolute atomic E-state index is 0.00675. The maximum atomic E-state index is 12.5. The third-order valence-corrected chi connectivity index (χ3v) is 3.16. The molecule has 0 fully saturated rings. The molecule has 0 aliphatic rings. The van der Waals surface area contributed by atoms with Crippen LogP contribution in [0.4, 0.5) is 0 Å². The number of amides is 1. The Kier molecular flexibility index (Phi) is 11.9. The Hall–Kier alpha value is -1.51. The van der Waals surface area contributed by atoms with Crippen molar-refractivity contribution in [2.45, 2.75) is 0 Å². The molecule has 0 heterocycles. The van der Waals surface area contributed by atoms with Crippen LogP contribution in [0, 0.1) is 0 Å². The van der Waals surface area contributed by atoms with E-state index in [1.807, 2.05) is 18.2 Å². The second kappa shape index (κ2) is 13.9. The molecule has 0 atom stereocenters. The number of benzene rings is 1. The molecule has 7 heteroatoms. The van der Waals surface area contributed by atoms with E-state index in [1.165, 1.54) is 0 Å². The molecule has 24 heavy (non-hydrogen) atoms. The largest absolute Gasteiger partial charge is 0.394 e. The van der Waals surface area contributed by atoms with Gasteiger partial charge in [0.15, 0.2) is 0 Å². The fourth-order valence-electron chi connectivity index (χ4n) is 1.98. The van der Waals surface area contributed by atoms with Crippen LogP contribution in [0.15, 0.2) is 30.3 Å². The topological polar surface area (TPSA) is 88.5 Å². The van der Waals surface area contributed by atoms with E-state index in [2.05, 4.69) is 0 Å². The highest BCUT2D eigenvalue weighted by molar-refractivity contribution is 5.94. The van der Waals surface area contributed by atoms with Crippen molar-refractivity contribution in [2.75, 3.05) is 65.9 Å². The van der Waals surface area contributed by atoms with Gasteiger partial charge >= 0.3 is 0 Å². The fraction of sp³-hybridized carbons (Fsp3) is 0.588. The van der Waals surface area contributed by atoms with E-state index in [0.29, 0.717) is 51.7 Å². The monoisotopic (exact) mass is 341 g/mol. The third kappa shape index (κ3) is 8.95. The van der Waals surface area contributed by atoms with Crippen LogP contribution >= 0.6 is 0 Å². The van der Waals surface area contributed by atoms with Gasteiger partial charge in [-0.15, -0.1) is 0 Å². The van der Waals surface area contributed by atoms with Crippen LogP contribution in [0.3, 0.4) is 0 Å². The molecule has 1 rings (SSSR count). The quantitative estimate of drug-likeness (QED) is 0.469.